The Balaban J connectivity index is 2.15. The van der Waals surface area contributed by atoms with Crippen LogP contribution >= 0.6 is 11.6 Å². The van der Waals surface area contributed by atoms with Gasteiger partial charge in [0.15, 0.2) is 12.4 Å². The summed E-state index contributed by atoms with van der Waals surface area (Å²) in [6.45, 7) is 0.335. The first-order valence-corrected chi connectivity index (χ1v) is 5.36. The van der Waals surface area contributed by atoms with Crippen LogP contribution in [0.15, 0.2) is 54.9 Å². The molecule has 0 N–H and O–H groups in total. The molecular weight excluding hydrogens is 222 g/mol. The number of aromatic nitrogens is 1. The van der Waals surface area contributed by atoms with Gasteiger partial charge in [0.05, 0.1) is 0 Å². The second-order valence-electron chi connectivity index (χ2n) is 3.48. The van der Waals surface area contributed by atoms with E-state index in [9.17, 15) is 4.79 Å². The molecule has 2 nitrogen and oxygen atoms in total. The Morgan fingerprint density at radius 3 is 2.56 bits per heavy atom. The van der Waals surface area contributed by atoms with Crippen LogP contribution in [0.1, 0.15) is 10.4 Å². The average molecular weight is 233 g/mol. The Labute approximate surface area is 99.1 Å². The molecule has 80 valence electrons. The SMILES string of the molecule is O=C(C[n+]1ccccc1)c1cccc(Cl)c1. The minimum absolute atomic E-state index is 0.0544. The van der Waals surface area contributed by atoms with Crippen molar-refractivity contribution in [3.05, 3.63) is 65.4 Å². The topological polar surface area (TPSA) is 20.9 Å². The lowest BCUT2D eigenvalue weighted by Gasteiger charge is -1.98. The van der Waals surface area contributed by atoms with E-state index >= 15 is 0 Å². The van der Waals surface area contributed by atoms with Gasteiger partial charge in [0.2, 0.25) is 12.3 Å². The molecule has 16 heavy (non-hydrogen) atoms. The van der Waals surface area contributed by atoms with Crippen molar-refractivity contribution in [2.75, 3.05) is 0 Å². The number of halogens is 1. The molecule has 0 unspecified atom stereocenters. The summed E-state index contributed by atoms with van der Waals surface area (Å²) < 4.78 is 1.84. The zero-order chi connectivity index (χ0) is 11.4. The molecular formula is C13H11ClNO+. The van der Waals surface area contributed by atoms with Gasteiger partial charge in [-0.3, -0.25) is 4.79 Å². The third-order valence-electron chi connectivity index (χ3n) is 2.25. The number of benzene rings is 1. The lowest BCUT2D eigenvalue weighted by Crippen LogP contribution is -2.36. The van der Waals surface area contributed by atoms with E-state index in [1.54, 1.807) is 24.3 Å². The molecule has 0 atom stereocenters. The molecule has 0 radical (unpaired) electrons. The van der Waals surface area contributed by atoms with Gasteiger partial charge in [-0.05, 0) is 12.1 Å². The van der Waals surface area contributed by atoms with E-state index in [0.717, 1.165) is 0 Å². The van der Waals surface area contributed by atoms with Crippen LogP contribution in [0.2, 0.25) is 5.02 Å². The van der Waals surface area contributed by atoms with Gasteiger partial charge in [-0.2, -0.15) is 4.57 Å². The highest BCUT2D eigenvalue weighted by molar-refractivity contribution is 6.30. The maximum atomic E-state index is 11.9. The molecule has 0 saturated carbocycles. The number of rotatable bonds is 3. The van der Waals surface area contributed by atoms with Gasteiger partial charge >= 0.3 is 0 Å². The van der Waals surface area contributed by atoms with Gasteiger partial charge < -0.3 is 0 Å². The van der Waals surface area contributed by atoms with Gasteiger partial charge in [0, 0.05) is 22.7 Å². The fourth-order valence-corrected chi connectivity index (χ4v) is 1.65. The number of carbonyl (C=O) groups is 1. The Bertz CT molecular complexity index is 496. The molecule has 0 fully saturated rings. The molecule has 0 bridgehead atoms. The van der Waals surface area contributed by atoms with Gasteiger partial charge in [0.1, 0.15) is 0 Å². The van der Waals surface area contributed by atoms with Crippen LogP contribution in [0.4, 0.5) is 0 Å². The minimum atomic E-state index is 0.0544. The summed E-state index contributed by atoms with van der Waals surface area (Å²) >= 11 is 5.83. The first-order chi connectivity index (χ1) is 7.75. The van der Waals surface area contributed by atoms with E-state index in [0.29, 0.717) is 17.1 Å². The van der Waals surface area contributed by atoms with Crippen molar-refractivity contribution in [2.45, 2.75) is 6.54 Å². The highest BCUT2D eigenvalue weighted by atomic mass is 35.5. The molecule has 1 aromatic carbocycles. The summed E-state index contributed by atoms with van der Waals surface area (Å²) in [6, 6.07) is 12.7. The highest BCUT2D eigenvalue weighted by Crippen LogP contribution is 2.10. The predicted molar refractivity (Wildman–Crippen MR) is 62.4 cm³/mol. The zero-order valence-corrected chi connectivity index (χ0v) is 9.39. The third-order valence-corrected chi connectivity index (χ3v) is 2.49. The molecule has 0 saturated heterocycles. The normalized spacial score (nSPS) is 10.1. The smallest absolute Gasteiger partial charge is 0.227 e. The van der Waals surface area contributed by atoms with Crippen molar-refractivity contribution >= 4 is 17.4 Å². The molecule has 0 spiro atoms. The second-order valence-corrected chi connectivity index (χ2v) is 3.92. The largest absolute Gasteiger partial charge is 0.287 e. The summed E-state index contributed by atoms with van der Waals surface area (Å²) in [4.78, 5) is 11.9. The van der Waals surface area contributed by atoms with Crippen LogP contribution in [-0.2, 0) is 6.54 Å². The lowest BCUT2D eigenvalue weighted by molar-refractivity contribution is -0.683. The zero-order valence-electron chi connectivity index (χ0n) is 8.64. The molecule has 0 aliphatic carbocycles. The summed E-state index contributed by atoms with van der Waals surface area (Å²) in [5, 5.41) is 0.587. The van der Waals surface area contributed by atoms with E-state index in [4.69, 9.17) is 11.6 Å². The van der Waals surface area contributed by atoms with Crippen LogP contribution in [0.25, 0.3) is 0 Å². The first kappa shape index (κ1) is 10.8. The van der Waals surface area contributed by atoms with Gasteiger partial charge in [0.25, 0.3) is 0 Å². The molecule has 2 rings (SSSR count). The van der Waals surface area contributed by atoms with E-state index in [2.05, 4.69) is 0 Å². The number of hydrogen-bond donors (Lipinski definition) is 0. The number of nitrogens with zero attached hydrogens (tertiary/aromatic N) is 1. The first-order valence-electron chi connectivity index (χ1n) is 4.98. The third kappa shape index (κ3) is 2.67. The molecule has 0 amide bonds. The fourth-order valence-electron chi connectivity index (χ4n) is 1.46. The summed E-state index contributed by atoms with van der Waals surface area (Å²) in [7, 11) is 0. The number of hydrogen-bond acceptors (Lipinski definition) is 1. The minimum Gasteiger partial charge on any atom is -0.287 e. The molecule has 0 aliphatic rings. The quantitative estimate of drug-likeness (QED) is 0.589. The molecule has 1 heterocycles. The van der Waals surface area contributed by atoms with Crippen LogP contribution in [0, 0.1) is 0 Å². The Hall–Kier alpha value is -1.67. The van der Waals surface area contributed by atoms with Crippen molar-refractivity contribution in [2.24, 2.45) is 0 Å². The fraction of sp³-hybridized carbons (Fsp3) is 0.0769. The molecule has 2 aromatic rings. The summed E-state index contributed by atoms with van der Waals surface area (Å²) in [5.41, 5.74) is 0.642. The van der Waals surface area contributed by atoms with Crippen LogP contribution in [-0.4, -0.2) is 5.78 Å². The maximum absolute atomic E-state index is 11.9. The van der Waals surface area contributed by atoms with Crippen molar-refractivity contribution in [3.63, 3.8) is 0 Å². The average Bonchev–Trinajstić information content (AvgIpc) is 2.30. The van der Waals surface area contributed by atoms with Gasteiger partial charge in [-0.25, -0.2) is 0 Å². The standard InChI is InChI=1S/C13H11ClNO/c14-12-6-4-5-11(9-12)13(16)10-15-7-2-1-3-8-15/h1-9H,10H2/q+1. The van der Waals surface area contributed by atoms with Crippen molar-refractivity contribution in [1.82, 2.24) is 0 Å². The number of pyridine rings is 1. The number of carbonyl (C=O) groups excluding carboxylic acids is 1. The van der Waals surface area contributed by atoms with Crippen LogP contribution in [0.5, 0.6) is 0 Å². The van der Waals surface area contributed by atoms with Gasteiger partial charge in [-0.1, -0.05) is 29.8 Å². The van der Waals surface area contributed by atoms with Crippen LogP contribution < -0.4 is 4.57 Å². The van der Waals surface area contributed by atoms with Crippen molar-refractivity contribution < 1.29 is 9.36 Å². The van der Waals surface area contributed by atoms with Gasteiger partial charge in [-0.15, -0.1) is 0 Å². The Morgan fingerprint density at radius 2 is 1.88 bits per heavy atom. The van der Waals surface area contributed by atoms with Crippen molar-refractivity contribution in [1.29, 1.82) is 0 Å². The summed E-state index contributed by atoms with van der Waals surface area (Å²) in [5.74, 6) is 0.0544. The Morgan fingerprint density at radius 1 is 1.12 bits per heavy atom. The highest BCUT2D eigenvalue weighted by Gasteiger charge is 2.11. The van der Waals surface area contributed by atoms with E-state index in [-0.39, 0.29) is 5.78 Å². The lowest BCUT2D eigenvalue weighted by atomic mass is 10.1. The number of Topliss-reactive ketones (excluding diaryl/α,β-unsaturated/α-hetero) is 1. The second kappa shape index (κ2) is 4.90. The van der Waals surface area contributed by atoms with E-state index in [1.165, 1.54) is 0 Å². The monoisotopic (exact) mass is 232 g/mol. The van der Waals surface area contributed by atoms with Crippen molar-refractivity contribution in [3.8, 4) is 0 Å². The molecule has 3 heteroatoms. The van der Waals surface area contributed by atoms with E-state index in [1.807, 2.05) is 35.2 Å². The number of ketones is 1. The molecule has 1 aromatic heterocycles. The Kier molecular flexibility index (Phi) is 3.32. The van der Waals surface area contributed by atoms with Crippen LogP contribution in [0.3, 0.4) is 0 Å². The predicted octanol–water partition coefficient (Wildman–Crippen LogP) is 2.51. The van der Waals surface area contributed by atoms with E-state index < -0.39 is 0 Å². The maximum Gasteiger partial charge on any atom is 0.227 e. The summed E-state index contributed by atoms with van der Waals surface area (Å²) in [6.07, 6.45) is 3.73. The molecule has 0 aliphatic heterocycles.